The Morgan fingerprint density at radius 1 is 1.02 bits per heavy atom. The number of anilines is 2. The van der Waals surface area contributed by atoms with E-state index >= 15 is 0 Å². The molecule has 43 heavy (non-hydrogen) atoms. The van der Waals surface area contributed by atoms with E-state index in [1.807, 2.05) is 0 Å². The first-order valence-corrected chi connectivity index (χ1v) is 13.9. The van der Waals surface area contributed by atoms with E-state index in [0.717, 1.165) is 6.07 Å². The van der Waals surface area contributed by atoms with Crippen LogP contribution in [-0.2, 0) is 26.9 Å². The van der Waals surface area contributed by atoms with Crippen molar-refractivity contribution in [1.29, 1.82) is 0 Å². The lowest BCUT2D eigenvalue weighted by molar-refractivity contribution is -0.142. The van der Waals surface area contributed by atoms with Crippen LogP contribution in [0.2, 0.25) is 5.02 Å². The van der Waals surface area contributed by atoms with Crippen molar-refractivity contribution < 1.29 is 41.7 Å². The molecule has 1 heterocycles. The first-order chi connectivity index (χ1) is 20.5. The number of methoxy groups -OCH3 is 3. The lowest BCUT2D eigenvalue weighted by atomic mass is 10.0. The average molecular weight is 619 g/mol. The number of rotatable bonds is 10. The molecule has 1 amide bonds. The van der Waals surface area contributed by atoms with Crippen LogP contribution in [0.4, 0.5) is 24.5 Å². The average Bonchev–Trinajstić information content (AvgIpc) is 3.66. The first kappa shape index (κ1) is 30.3. The molecule has 1 aliphatic heterocycles. The minimum absolute atomic E-state index is 0.0360. The summed E-state index contributed by atoms with van der Waals surface area (Å²) in [5.41, 5.74) is 0.836. The smallest absolute Gasteiger partial charge is 0.420 e. The number of hydrogen-bond donors (Lipinski definition) is 1. The molecule has 1 N–H and O–H groups in total. The van der Waals surface area contributed by atoms with E-state index in [1.165, 1.54) is 32.3 Å². The molecule has 3 aromatic rings. The monoisotopic (exact) mass is 618 g/mol. The van der Waals surface area contributed by atoms with Crippen molar-refractivity contribution in [2.45, 2.75) is 25.1 Å². The predicted molar refractivity (Wildman–Crippen MR) is 154 cm³/mol. The SMILES string of the molecule is COC(=O)[C@@H]1C[C@H]1COc1cc(NC(C(=O)N2CCc3cc(OC)c(C(F)(F)F)cc32)c2ccc(Cl)cc2)cc(OC)c1. The number of carbonyl (C=O) groups excluding carboxylic acids is 2. The number of halogens is 4. The van der Waals surface area contributed by atoms with E-state index < -0.39 is 23.7 Å². The fourth-order valence-corrected chi connectivity index (χ4v) is 5.36. The molecule has 12 heteroatoms. The standard InChI is InChI=1S/C31H30ClF3N2O6/c1-40-22-12-21(13-23(14-22)43-16-19-10-24(19)30(39)42-3)36-28(17-4-6-20(32)7-5-17)29(38)37-9-8-18-11-27(41-2)25(15-26(18)37)31(33,34)35/h4-7,11-15,19,24,28,36H,8-10,16H2,1-3H3/t19-,24+,28?/m0/s1. The molecule has 1 fully saturated rings. The lowest BCUT2D eigenvalue weighted by Gasteiger charge is -2.27. The van der Waals surface area contributed by atoms with E-state index in [2.05, 4.69) is 5.32 Å². The minimum atomic E-state index is -4.67. The molecule has 0 aromatic heterocycles. The number of alkyl halides is 3. The topological polar surface area (TPSA) is 86.3 Å². The molecule has 0 saturated heterocycles. The number of ether oxygens (including phenoxy) is 4. The van der Waals surface area contributed by atoms with Crippen molar-refractivity contribution in [1.82, 2.24) is 0 Å². The third kappa shape index (κ3) is 6.61. The highest BCUT2D eigenvalue weighted by Gasteiger charge is 2.44. The second kappa shape index (κ2) is 12.2. The summed E-state index contributed by atoms with van der Waals surface area (Å²) in [7, 11) is 4.03. The van der Waals surface area contributed by atoms with E-state index in [1.54, 1.807) is 42.5 Å². The third-order valence-corrected chi connectivity index (χ3v) is 7.89. The van der Waals surface area contributed by atoms with Crippen LogP contribution in [0.3, 0.4) is 0 Å². The highest BCUT2D eigenvalue weighted by molar-refractivity contribution is 6.30. The third-order valence-electron chi connectivity index (χ3n) is 7.64. The maximum atomic E-state index is 14.1. The molecule has 5 rings (SSSR count). The van der Waals surface area contributed by atoms with E-state index in [-0.39, 0.29) is 35.8 Å². The fraction of sp³-hybridized carbons (Fsp3) is 0.355. The molecule has 2 aliphatic rings. The molecule has 1 aliphatic carbocycles. The van der Waals surface area contributed by atoms with Crippen molar-refractivity contribution in [3.63, 3.8) is 0 Å². The van der Waals surface area contributed by atoms with Crippen LogP contribution >= 0.6 is 11.6 Å². The van der Waals surface area contributed by atoms with Gasteiger partial charge in [-0.15, -0.1) is 0 Å². The van der Waals surface area contributed by atoms with Crippen LogP contribution in [0.5, 0.6) is 17.2 Å². The van der Waals surface area contributed by atoms with Crippen molar-refractivity contribution >= 4 is 34.9 Å². The molecule has 0 bridgehead atoms. The van der Waals surface area contributed by atoms with E-state index in [9.17, 15) is 22.8 Å². The quantitative estimate of drug-likeness (QED) is 0.267. The summed E-state index contributed by atoms with van der Waals surface area (Å²) in [5, 5.41) is 3.69. The number of benzene rings is 3. The predicted octanol–water partition coefficient (Wildman–Crippen LogP) is 6.31. The van der Waals surface area contributed by atoms with Crippen molar-refractivity contribution in [2.24, 2.45) is 11.8 Å². The molecule has 3 aromatic carbocycles. The molecule has 0 spiro atoms. The second-order valence-electron chi connectivity index (χ2n) is 10.4. The van der Waals surface area contributed by atoms with Gasteiger partial charge in [0.1, 0.15) is 23.3 Å². The van der Waals surface area contributed by atoms with Crippen LogP contribution in [0.15, 0.2) is 54.6 Å². The Bertz CT molecular complexity index is 1510. The molecular weight excluding hydrogens is 589 g/mol. The number of amides is 1. The van der Waals surface area contributed by atoms with Crippen LogP contribution in [0, 0.1) is 11.8 Å². The van der Waals surface area contributed by atoms with Crippen molar-refractivity contribution in [3.8, 4) is 17.2 Å². The summed E-state index contributed by atoms with van der Waals surface area (Å²) in [6, 6.07) is 13.0. The van der Waals surface area contributed by atoms with Gasteiger partial charge < -0.3 is 29.2 Å². The number of carbonyl (C=O) groups is 2. The number of hydrogen-bond acceptors (Lipinski definition) is 7. The molecule has 0 radical (unpaired) electrons. The Morgan fingerprint density at radius 2 is 1.74 bits per heavy atom. The Labute approximate surface area is 251 Å². The maximum Gasteiger partial charge on any atom is 0.420 e. The maximum absolute atomic E-state index is 14.1. The Balaban J connectivity index is 1.44. The lowest BCUT2D eigenvalue weighted by Crippen LogP contribution is -2.37. The second-order valence-corrected chi connectivity index (χ2v) is 10.8. The van der Waals surface area contributed by atoms with Crippen LogP contribution < -0.4 is 24.4 Å². The normalized spacial score (nSPS) is 18.0. The Hall–Kier alpha value is -4.12. The van der Waals surface area contributed by atoms with E-state index in [4.69, 9.17) is 30.5 Å². The molecule has 8 nitrogen and oxygen atoms in total. The molecule has 1 saturated carbocycles. The van der Waals surface area contributed by atoms with Gasteiger partial charge in [0.25, 0.3) is 5.91 Å². The summed E-state index contributed by atoms with van der Waals surface area (Å²) >= 11 is 6.11. The number of nitrogens with one attached hydrogen (secondary N) is 1. The van der Waals surface area contributed by atoms with Gasteiger partial charge in [0.2, 0.25) is 0 Å². The Kier molecular flexibility index (Phi) is 8.64. The van der Waals surface area contributed by atoms with Gasteiger partial charge in [-0.2, -0.15) is 13.2 Å². The highest BCUT2D eigenvalue weighted by Crippen LogP contribution is 2.43. The molecular formula is C31H30ClF3N2O6. The number of nitrogens with zero attached hydrogens (tertiary/aromatic N) is 1. The van der Waals surface area contributed by atoms with Gasteiger partial charge in [-0.3, -0.25) is 9.59 Å². The summed E-state index contributed by atoms with van der Waals surface area (Å²) in [6.45, 7) is 0.487. The number of fused-ring (bicyclic) bond motifs is 1. The molecule has 3 atom stereocenters. The van der Waals surface area contributed by atoms with Crippen LogP contribution in [0.25, 0.3) is 0 Å². The highest BCUT2D eigenvalue weighted by atomic mass is 35.5. The van der Waals surface area contributed by atoms with Gasteiger partial charge in [0.05, 0.1) is 39.4 Å². The van der Waals surface area contributed by atoms with Gasteiger partial charge in [0.15, 0.2) is 0 Å². The minimum Gasteiger partial charge on any atom is -0.497 e. The van der Waals surface area contributed by atoms with Gasteiger partial charge in [-0.25, -0.2) is 0 Å². The first-order valence-electron chi connectivity index (χ1n) is 13.5. The van der Waals surface area contributed by atoms with Gasteiger partial charge in [0, 0.05) is 47.1 Å². The Morgan fingerprint density at radius 3 is 2.40 bits per heavy atom. The molecule has 1 unspecified atom stereocenters. The summed E-state index contributed by atoms with van der Waals surface area (Å²) < 4.78 is 62.7. The summed E-state index contributed by atoms with van der Waals surface area (Å²) in [6.07, 6.45) is -3.62. The number of esters is 1. The van der Waals surface area contributed by atoms with Crippen LogP contribution in [0.1, 0.15) is 29.2 Å². The zero-order chi connectivity index (χ0) is 30.9. The van der Waals surface area contributed by atoms with Crippen LogP contribution in [-0.4, -0.2) is 46.4 Å². The zero-order valence-corrected chi connectivity index (χ0v) is 24.4. The van der Waals surface area contributed by atoms with Crippen molar-refractivity contribution in [2.75, 3.05) is 44.7 Å². The van der Waals surface area contributed by atoms with Crippen molar-refractivity contribution in [3.05, 3.63) is 76.3 Å². The molecule has 228 valence electrons. The van der Waals surface area contributed by atoms with Gasteiger partial charge in [-0.1, -0.05) is 23.7 Å². The fourth-order valence-electron chi connectivity index (χ4n) is 5.23. The van der Waals surface area contributed by atoms with Gasteiger partial charge in [-0.05, 0) is 48.2 Å². The summed E-state index contributed by atoms with van der Waals surface area (Å²) in [5.74, 6) is -0.265. The largest absolute Gasteiger partial charge is 0.497 e. The summed E-state index contributed by atoms with van der Waals surface area (Å²) in [4.78, 5) is 27.2. The van der Waals surface area contributed by atoms with Gasteiger partial charge >= 0.3 is 12.1 Å². The van der Waals surface area contributed by atoms with E-state index in [0.29, 0.717) is 52.8 Å². The zero-order valence-electron chi connectivity index (χ0n) is 23.7.